The van der Waals surface area contributed by atoms with E-state index in [1.54, 1.807) is 36.6 Å². The van der Waals surface area contributed by atoms with E-state index >= 15 is 0 Å². The highest BCUT2D eigenvalue weighted by Gasteiger charge is 2.58. The fourth-order valence-electron chi connectivity index (χ4n) is 4.32. The molecule has 0 spiro atoms. The van der Waals surface area contributed by atoms with Crippen molar-refractivity contribution in [3.8, 4) is 0 Å². The van der Waals surface area contributed by atoms with Crippen LogP contribution in [0.25, 0.3) is 0 Å². The first-order chi connectivity index (χ1) is 13.7. The van der Waals surface area contributed by atoms with E-state index in [0.29, 0.717) is 28.2 Å². The highest BCUT2D eigenvalue weighted by molar-refractivity contribution is 7.10. The molecule has 1 aromatic heterocycles. The summed E-state index contributed by atoms with van der Waals surface area (Å²) in [4.78, 5) is 26.8. The van der Waals surface area contributed by atoms with Crippen LogP contribution < -0.4 is 10.6 Å². The minimum Gasteiger partial charge on any atom is -0.367 e. The van der Waals surface area contributed by atoms with Crippen molar-refractivity contribution >= 4 is 28.8 Å². The second-order valence-corrected chi connectivity index (χ2v) is 8.37. The van der Waals surface area contributed by atoms with E-state index in [2.05, 4.69) is 0 Å². The van der Waals surface area contributed by atoms with Crippen LogP contribution in [0.1, 0.15) is 42.5 Å². The van der Waals surface area contributed by atoms with Gasteiger partial charge in [-0.05, 0) is 54.8 Å². The molecule has 1 aliphatic carbocycles. The summed E-state index contributed by atoms with van der Waals surface area (Å²) < 4.78 is 41.2. The molecule has 0 aliphatic heterocycles. The number of anilines is 1. The number of hydrogen-bond donors (Lipinski definition) is 1. The van der Waals surface area contributed by atoms with Crippen LogP contribution >= 0.6 is 11.3 Å². The predicted molar refractivity (Wildman–Crippen MR) is 106 cm³/mol. The summed E-state index contributed by atoms with van der Waals surface area (Å²) in [6.45, 7) is 1.72. The molecule has 1 unspecified atom stereocenters. The van der Waals surface area contributed by atoms with Gasteiger partial charge in [0.05, 0.1) is 0 Å². The topological polar surface area (TPSA) is 63.4 Å². The lowest BCUT2D eigenvalue weighted by Crippen LogP contribution is -2.64. The van der Waals surface area contributed by atoms with E-state index in [1.165, 1.54) is 12.1 Å². The maximum atomic E-state index is 13.7. The molecule has 2 N–H and O–H groups in total. The Labute approximate surface area is 171 Å². The maximum absolute atomic E-state index is 13.7. The molecule has 1 fully saturated rings. The molecule has 4 nitrogen and oxygen atoms in total. The van der Waals surface area contributed by atoms with Crippen LogP contribution in [0.3, 0.4) is 0 Å². The third kappa shape index (κ3) is 3.90. The molecule has 0 radical (unpaired) electrons. The van der Waals surface area contributed by atoms with Crippen molar-refractivity contribution in [1.29, 1.82) is 0 Å². The van der Waals surface area contributed by atoms with Gasteiger partial charge >= 0.3 is 12.1 Å². The van der Waals surface area contributed by atoms with Crippen molar-refractivity contribution in [2.45, 2.75) is 50.7 Å². The minimum absolute atomic E-state index is 0.0186. The molecule has 1 saturated carbocycles. The number of nitrogens with zero attached hydrogens (tertiary/aromatic N) is 1. The molecule has 1 aromatic carbocycles. The third-order valence-corrected chi connectivity index (χ3v) is 6.52. The highest BCUT2D eigenvalue weighted by atomic mass is 32.1. The number of benzene rings is 1. The standard InChI is InChI=1S/C21H23F3N2O2S/c1-14-7-5-10-16(13-14)26(19(28)21(22,23)24)20(18(25)27,17-11-6-12-29-17)15-8-3-2-4-9-15/h5-7,10-13,15H,2-4,8-9H2,1H3,(H2,25,27). The SMILES string of the molecule is Cc1cccc(N(C(=O)C(F)(F)F)C(C(N)=O)(c2cccs2)C2CCCCC2)c1. The number of alkyl halides is 3. The fourth-order valence-corrected chi connectivity index (χ4v) is 5.32. The van der Waals surface area contributed by atoms with E-state index in [0.717, 1.165) is 30.6 Å². The Balaban J connectivity index is 2.33. The van der Waals surface area contributed by atoms with Gasteiger partial charge in [0.15, 0.2) is 5.54 Å². The molecule has 2 aromatic rings. The van der Waals surface area contributed by atoms with E-state index in [-0.39, 0.29) is 5.69 Å². The number of carbonyl (C=O) groups excluding carboxylic acids is 2. The normalized spacial score (nSPS) is 17.5. The summed E-state index contributed by atoms with van der Waals surface area (Å²) >= 11 is 1.15. The zero-order valence-electron chi connectivity index (χ0n) is 16.0. The summed E-state index contributed by atoms with van der Waals surface area (Å²) in [5, 5.41) is 1.68. The predicted octanol–water partition coefficient (Wildman–Crippen LogP) is 4.91. The zero-order valence-corrected chi connectivity index (χ0v) is 16.9. The molecule has 1 heterocycles. The summed E-state index contributed by atoms with van der Waals surface area (Å²) in [6, 6.07) is 9.45. The van der Waals surface area contributed by atoms with Crippen molar-refractivity contribution in [1.82, 2.24) is 0 Å². The molecule has 3 rings (SSSR count). The van der Waals surface area contributed by atoms with Crippen LogP contribution in [0.5, 0.6) is 0 Å². The number of carbonyl (C=O) groups is 2. The third-order valence-electron chi connectivity index (χ3n) is 5.53. The number of halogens is 3. The average Bonchev–Trinajstić information content (AvgIpc) is 3.20. The molecule has 0 saturated heterocycles. The second kappa shape index (κ2) is 8.18. The first kappa shape index (κ1) is 21.4. The van der Waals surface area contributed by atoms with Gasteiger partial charge in [0.1, 0.15) is 0 Å². The lowest BCUT2D eigenvalue weighted by Gasteiger charge is -2.47. The lowest BCUT2D eigenvalue weighted by molar-refractivity contribution is -0.173. The summed E-state index contributed by atoms with van der Waals surface area (Å²) in [6.07, 6.45) is -1.63. The van der Waals surface area contributed by atoms with Gasteiger partial charge in [0.25, 0.3) is 0 Å². The molecule has 1 atom stereocenters. The maximum Gasteiger partial charge on any atom is 0.471 e. The minimum atomic E-state index is -5.16. The van der Waals surface area contributed by atoms with Gasteiger partial charge < -0.3 is 5.73 Å². The summed E-state index contributed by atoms with van der Waals surface area (Å²) in [7, 11) is 0. The van der Waals surface area contributed by atoms with Crippen molar-refractivity contribution in [3.05, 3.63) is 52.2 Å². The lowest BCUT2D eigenvalue weighted by atomic mass is 9.71. The fraction of sp³-hybridized carbons (Fsp3) is 0.429. The number of hydrogen-bond acceptors (Lipinski definition) is 3. The van der Waals surface area contributed by atoms with Crippen LogP contribution in [-0.4, -0.2) is 18.0 Å². The van der Waals surface area contributed by atoms with Gasteiger partial charge in [-0.1, -0.05) is 37.5 Å². The van der Waals surface area contributed by atoms with E-state index in [4.69, 9.17) is 5.73 Å². The number of amides is 2. The zero-order chi connectivity index (χ0) is 21.2. The summed E-state index contributed by atoms with van der Waals surface area (Å²) in [5.74, 6) is -3.52. The number of thiophene rings is 1. The van der Waals surface area contributed by atoms with Crippen molar-refractivity contribution in [3.63, 3.8) is 0 Å². The quantitative estimate of drug-likeness (QED) is 0.741. The molecule has 0 bridgehead atoms. The molecule has 1 aliphatic rings. The van der Waals surface area contributed by atoms with Crippen molar-refractivity contribution in [2.75, 3.05) is 4.90 Å². The van der Waals surface area contributed by atoms with Crippen LogP contribution in [0.4, 0.5) is 18.9 Å². The van der Waals surface area contributed by atoms with Gasteiger partial charge in [-0.25, -0.2) is 0 Å². The monoisotopic (exact) mass is 424 g/mol. The van der Waals surface area contributed by atoms with Gasteiger partial charge in [-0.2, -0.15) is 13.2 Å². The first-order valence-corrected chi connectivity index (χ1v) is 10.4. The Bertz CT molecular complexity index is 876. The van der Waals surface area contributed by atoms with Gasteiger partial charge in [0, 0.05) is 10.6 Å². The Kier molecular flexibility index (Phi) is 6.03. The Morgan fingerprint density at radius 2 is 1.79 bits per heavy atom. The number of aryl methyl sites for hydroxylation is 1. The van der Waals surface area contributed by atoms with Crippen LogP contribution in [0.15, 0.2) is 41.8 Å². The van der Waals surface area contributed by atoms with Crippen LogP contribution in [0, 0.1) is 12.8 Å². The molecular formula is C21H23F3N2O2S. The van der Waals surface area contributed by atoms with E-state index < -0.39 is 29.4 Å². The first-order valence-electron chi connectivity index (χ1n) is 9.51. The highest BCUT2D eigenvalue weighted by Crippen LogP contribution is 2.48. The smallest absolute Gasteiger partial charge is 0.367 e. The summed E-state index contributed by atoms with van der Waals surface area (Å²) in [5.41, 5.74) is 4.66. The van der Waals surface area contributed by atoms with Crippen molar-refractivity contribution < 1.29 is 22.8 Å². The van der Waals surface area contributed by atoms with E-state index in [9.17, 15) is 22.8 Å². The number of primary amides is 1. The molecular weight excluding hydrogens is 401 g/mol. The average molecular weight is 424 g/mol. The Hall–Kier alpha value is -2.35. The van der Waals surface area contributed by atoms with Crippen molar-refractivity contribution in [2.24, 2.45) is 11.7 Å². The van der Waals surface area contributed by atoms with E-state index in [1.807, 2.05) is 0 Å². The Morgan fingerprint density at radius 3 is 2.31 bits per heavy atom. The molecule has 29 heavy (non-hydrogen) atoms. The van der Waals surface area contributed by atoms with Gasteiger partial charge in [-0.3, -0.25) is 14.5 Å². The number of nitrogens with two attached hydrogens (primary N) is 1. The number of rotatable bonds is 5. The Morgan fingerprint density at radius 1 is 1.10 bits per heavy atom. The van der Waals surface area contributed by atoms with Gasteiger partial charge in [-0.15, -0.1) is 11.3 Å². The van der Waals surface area contributed by atoms with Crippen LogP contribution in [0.2, 0.25) is 0 Å². The van der Waals surface area contributed by atoms with Gasteiger partial charge in [0.2, 0.25) is 5.91 Å². The second-order valence-electron chi connectivity index (χ2n) is 7.42. The largest absolute Gasteiger partial charge is 0.471 e. The molecule has 2 amide bonds. The molecule has 156 valence electrons. The van der Waals surface area contributed by atoms with Crippen LogP contribution in [-0.2, 0) is 15.1 Å². The molecule has 8 heteroatoms.